The van der Waals surface area contributed by atoms with Gasteiger partial charge >= 0.3 is 65.1 Å². The second kappa shape index (κ2) is 28.7. The zero-order valence-corrected chi connectivity index (χ0v) is 41.3. The molecule has 2 aromatic carbocycles. The van der Waals surface area contributed by atoms with Crippen molar-refractivity contribution in [2.45, 2.75) is 91.3 Å². The molecule has 21 nitrogen and oxygen atoms in total. The van der Waals surface area contributed by atoms with Gasteiger partial charge in [0.05, 0.1) is 41.8 Å². The second-order valence-electron chi connectivity index (χ2n) is 15.6. The Morgan fingerprint density at radius 1 is 0.627 bits per heavy atom. The first-order chi connectivity index (χ1) is 31.7. The zero-order valence-electron chi connectivity index (χ0n) is 39.3. The maximum absolute atomic E-state index is 12.4. The number of piperidine rings is 2. The predicted octanol–water partition coefficient (Wildman–Crippen LogP) is 0.534. The van der Waals surface area contributed by atoms with Crippen LogP contribution >= 0.6 is 0 Å². The van der Waals surface area contributed by atoms with Gasteiger partial charge in [-0.05, 0) is 83.3 Å². The van der Waals surface area contributed by atoms with Crippen LogP contribution in [0.25, 0.3) is 22.1 Å². The fraction of sp³-hybridized carbons (Fsp3) is 0.545. The van der Waals surface area contributed by atoms with Gasteiger partial charge in [-0.15, -0.1) is 0 Å². The predicted molar refractivity (Wildman–Crippen MR) is 242 cm³/mol. The van der Waals surface area contributed by atoms with E-state index in [-0.39, 0.29) is 71.5 Å². The summed E-state index contributed by atoms with van der Waals surface area (Å²) in [4.78, 5) is 106. The summed E-state index contributed by atoms with van der Waals surface area (Å²) < 4.78 is 17.3. The number of carbonyl (C=O) groups is 6. The minimum Gasteiger partial charge on any atom is -0.793 e. The number of Topliss-reactive ketones (excluding diaryl/α,β-unsaturated/α-hetero) is 1. The molecule has 4 aliphatic heterocycles. The van der Waals surface area contributed by atoms with E-state index >= 15 is 0 Å². The van der Waals surface area contributed by atoms with E-state index in [9.17, 15) is 38.4 Å². The SMILES string of the molecule is CC(=O)OOC(C)=O.CCOC(=O)N1CCC(=O)C1.CCOC(=O)N1CCC(N2CCC(n3c(=O)[nH]c4ccccc43)CC2)C1.O=c1[nH]c2ccccc2n1C1CCNCC1.[B-]OC(C)=O.[Na+]. The van der Waals surface area contributed by atoms with Crippen LogP contribution in [0.4, 0.5) is 9.59 Å². The van der Waals surface area contributed by atoms with Crippen molar-refractivity contribution in [3.8, 4) is 0 Å². The number of carbonyl (C=O) groups excluding carboxylic acids is 6. The number of para-hydroxylation sites is 4. The Balaban J connectivity index is 0.000000248. The van der Waals surface area contributed by atoms with Crippen LogP contribution in [-0.2, 0) is 43.1 Å². The van der Waals surface area contributed by atoms with Crippen molar-refractivity contribution in [2.75, 3.05) is 65.6 Å². The molecule has 0 saturated carbocycles. The third-order valence-electron chi connectivity index (χ3n) is 11.0. The number of ketones is 1. The standard InChI is InChI=1S/C19H26N4O3.C12H15N3O.C7H11NO3.C4H6O4.C2H3BO2.Na/c1-2-26-19(25)22-12-9-15(13-22)21-10-7-14(8-11-21)23-17-6-4-3-5-16(17)20-18(23)24;16-12-14-10-3-1-2-4-11(10)15(12)9-5-7-13-8-6-9;1-2-11-7(10)8-4-3-6(9)5-8;1-3(5)7-8-4(2)6;1-2(4)5-3;/h3-6,14-15H,2,7-13H2,1H3,(H,20,24);1-4,9,13H,5-8H2,(H,14,16);2-5H2,1H3;1-2H3;1H3;/q;;;;-1;+1. The van der Waals surface area contributed by atoms with Gasteiger partial charge in [-0.25, -0.2) is 38.5 Å². The average molecular weight is 944 g/mol. The molecule has 3 N–H and O–H groups in total. The van der Waals surface area contributed by atoms with Crippen molar-refractivity contribution < 1.29 is 82.2 Å². The molecule has 4 saturated heterocycles. The molecule has 23 heteroatoms. The minimum atomic E-state index is -0.639. The van der Waals surface area contributed by atoms with E-state index in [4.69, 9.17) is 9.47 Å². The van der Waals surface area contributed by atoms with E-state index in [1.807, 2.05) is 69.5 Å². The first-order valence-corrected chi connectivity index (χ1v) is 22.1. The van der Waals surface area contributed by atoms with Gasteiger partial charge in [0, 0.05) is 78.0 Å². The number of ether oxygens (including phenoxy) is 2. The number of amides is 2. The summed E-state index contributed by atoms with van der Waals surface area (Å²) in [5, 5.41) is 3.32. The summed E-state index contributed by atoms with van der Waals surface area (Å²) >= 11 is 0. The molecule has 8 rings (SSSR count). The van der Waals surface area contributed by atoms with Crippen molar-refractivity contribution in [3.05, 3.63) is 69.5 Å². The molecule has 67 heavy (non-hydrogen) atoms. The number of hydrogen-bond donors (Lipinski definition) is 3. The molecule has 3 radical (unpaired) electrons. The van der Waals surface area contributed by atoms with Gasteiger partial charge < -0.3 is 47.3 Å². The van der Waals surface area contributed by atoms with Gasteiger partial charge in [0.2, 0.25) is 5.97 Å². The molecule has 1 unspecified atom stereocenters. The summed E-state index contributed by atoms with van der Waals surface area (Å²) in [6, 6.07) is 16.7. The molecule has 2 aromatic heterocycles. The molecular formula is C44H61BN8NaO13. The Morgan fingerprint density at radius 3 is 1.51 bits per heavy atom. The van der Waals surface area contributed by atoms with Gasteiger partial charge in [-0.2, -0.15) is 0 Å². The van der Waals surface area contributed by atoms with E-state index in [2.05, 4.69) is 42.7 Å². The number of aromatic nitrogens is 4. The monoisotopic (exact) mass is 943 g/mol. The first-order valence-electron chi connectivity index (χ1n) is 22.1. The summed E-state index contributed by atoms with van der Waals surface area (Å²) in [5.74, 6) is -1.64. The van der Waals surface area contributed by atoms with Crippen molar-refractivity contribution in [1.82, 2.24) is 39.1 Å². The number of benzene rings is 2. The third-order valence-corrected chi connectivity index (χ3v) is 11.0. The fourth-order valence-electron chi connectivity index (χ4n) is 7.99. The van der Waals surface area contributed by atoms with Crippen molar-refractivity contribution in [1.29, 1.82) is 0 Å². The molecule has 0 spiro atoms. The summed E-state index contributed by atoms with van der Waals surface area (Å²) in [5.41, 5.74) is 3.86. The van der Waals surface area contributed by atoms with Crippen LogP contribution in [0.3, 0.4) is 0 Å². The Morgan fingerprint density at radius 2 is 1.07 bits per heavy atom. The molecule has 1 atom stereocenters. The molecule has 2 amide bonds. The molecular weight excluding hydrogens is 882 g/mol. The Kier molecular flexibility index (Phi) is 23.9. The van der Waals surface area contributed by atoms with E-state index in [1.54, 1.807) is 6.92 Å². The average Bonchev–Trinajstić information content (AvgIpc) is 4.12. The third kappa shape index (κ3) is 17.3. The van der Waals surface area contributed by atoms with Crippen LogP contribution in [0.15, 0.2) is 58.1 Å². The van der Waals surface area contributed by atoms with E-state index < -0.39 is 17.9 Å². The smallest absolute Gasteiger partial charge is 0.793 e. The Bertz CT molecular complexity index is 2340. The van der Waals surface area contributed by atoms with Gasteiger partial charge in [-0.1, -0.05) is 24.3 Å². The maximum atomic E-state index is 12.4. The van der Waals surface area contributed by atoms with Crippen LogP contribution in [-0.4, -0.2) is 149 Å². The Hall–Kier alpha value is -5.42. The number of nitrogens with zero attached hydrogens (tertiary/aromatic N) is 5. The van der Waals surface area contributed by atoms with Gasteiger partial charge in [0.15, 0.2) is 5.78 Å². The van der Waals surface area contributed by atoms with E-state index in [0.717, 1.165) is 107 Å². The maximum Gasteiger partial charge on any atom is 1.00 e. The van der Waals surface area contributed by atoms with Crippen molar-refractivity contribution in [2.24, 2.45) is 0 Å². The van der Waals surface area contributed by atoms with Gasteiger partial charge in [0.1, 0.15) is 0 Å². The number of fused-ring (bicyclic) bond motifs is 2. The first kappa shape index (κ1) is 55.9. The number of likely N-dealkylation sites (tertiary alicyclic amines) is 3. The van der Waals surface area contributed by atoms with E-state index in [0.29, 0.717) is 38.3 Å². The van der Waals surface area contributed by atoms with Crippen LogP contribution in [0.2, 0.25) is 0 Å². The fourth-order valence-corrected chi connectivity index (χ4v) is 7.99. The van der Waals surface area contributed by atoms with Gasteiger partial charge in [-0.3, -0.25) is 23.6 Å². The summed E-state index contributed by atoms with van der Waals surface area (Å²) in [6.07, 6.45) is 4.86. The van der Waals surface area contributed by atoms with Crippen molar-refractivity contribution in [3.63, 3.8) is 0 Å². The molecule has 4 fully saturated rings. The zero-order chi connectivity index (χ0) is 48.2. The number of rotatable bonds is 5. The van der Waals surface area contributed by atoms with E-state index in [1.165, 1.54) is 11.8 Å². The summed E-state index contributed by atoms with van der Waals surface area (Å²) in [6.45, 7) is 14.0. The quantitative estimate of drug-likeness (QED) is 0.140. The molecule has 359 valence electrons. The van der Waals surface area contributed by atoms with Crippen molar-refractivity contribution >= 4 is 66.0 Å². The summed E-state index contributed by atoms with van der Waals surface area (Å²) in [7, 11) is 4.32. The number of aromatic amines is 2. The van der Waals surface area contributed by atoms with Crippen LogP contribution < -0.4 is 46.3 Å². The number of imidazole rings is 2. The normalized spacial score (nSPS) is 17.2. The molecule has 6 heterocycles. The number of H-pyrrole nitrogens is 2. The molecule has 4 aromatic rings. The van der Waals surface area contributed by atoms with Gasteiger partial charge in [0.25, 0.3) is 0 Å². The second-order valence-corrected chi connectivity index (χ2v) is 15.6. The molecule has 0 bridgehead atoms. The molecule has 0 aliphatic carbocycles. The van der Waals surface area contributed by atoms with Crippen LogP contribution in [0.1, 0.15) is 85.2 Å². The Labute approximate surface area is 411 Å². The van der Waals surface area contributed by atoms with Crippen LogP contribution in [0, 0.1) is 0 Å². The number of nitrogens with one attached hydrogen (secondary N) is 3. The topological polar surface area (TPSA) is 246 Å². The van der Waals surface area contributed by atoms with Crippen LogP contribution in [0.5, 0.6) is 0 Å². The largest absolute Gasteiger partial charge is 1.00 e. The number of hydrogen-bond acceptors (Lipinski definition) is 15. The molecule has 4 aliphatic rings. The minimum absolute atomic E-state index is 0.